The molecular formula is C19H22N5NaO6S3. The number of thiocarbonyl (C=S) groups is 1. The molecule has 0 saturated carbocycles. The molecule has 0 bridgehead atoms. The predicted molar refractivity (Wildman–Crippen MR) is 124 cm³/mol. The summed E-state index contributed by atoms with van der Waals surface area (Å²) < 4.78 is 11.5. The van der Waals surface area contributed by atoms with Crippen LogP contribution in [0.5, 0.6) is 0 Å². The number of nitrogens with zero attached hydrogens (tertiary/aromatic N) is 3. The van der Waals surface area contributed by atoms with Crippen LogP contribution in [-0.4, -0.2) is 73.3 Å². The van der Waals surface area contributed by atoms with Crippen molar-refractivity contribution in [3.63, 3.8) is 0 Å². The number of anilines is 1. The second-order valence-electron chi connectivity index (χ2n) is 8.10. The number of oxime groups is 1. The first-order valence-electron chi connectivity index (χ1n) is 10.1. The van der Waals surface area contributed by atoms with Crippen LogP contribution in [0.1, 0.15) is 32.4 Å². The van der Waals surface area contributed by atoms with Crippen molar-refractivity contribution in [2.75, 3.05) is 18.1 Å². The largest absolute Gasteiger partial charge is 1.00 e. The normalized spacial score (nSPS) is 26.3. The van der Waals surface area contributed by atoms with Gasteiger partial charge in [-0.2, -0.15) is 0 Å². The van der Waals surface area contributed by atoms with E-state index in [1.165, 1.54) is 22.0 Å². The first-order chi connectivity index (χ1) is 15.6. The molecule has 11 nitrogen and oxygen atoms in total. The first-order valence-corrected chi connectivity index (χ1v) is 12.4. The fourth-order valence-electron chi connectivity index (χ4n) is 4.00. The first kappa shape index (κ1) is 27.3. The van der Waals surface area contributed by atoms with Crippen molar-refractivity contribution in [1.29, 1.82) is 0 Å². The van der Waals surface area contributed by atoms with Gasteiger partial charge in [-0.25, -0.2) is 4.98 Å². The van der Waals surface area contributed by atoms with Crippen molar-refractivity contribution >= 4 is 63.0 Å². The molecule has 1 aromatic heterocycles. The molecule has 0 aliphatic carbocycles. The third-order valence-corrected chi connectivity index (χ3v) is 7.63. The maximum absolute atomic E-state index is 12.9. The zero-order valence-electron chi connectivity index (χ0n) is 18.8. The van der Waals surface area contributed by atoms with Gasteiger partial charge in [0.2, 0.25) is 0 Å². The molecule has 0 aromatic carbocycles. The van der Waals surface area contributed by atoms with Crippen LogP contribution < -0.4 is 45.7 Å². The van der Waals surface area contributed by atoms with Crippen LogP contribution in [0.25, 0.3) is 0 Å². The third kappa shape index (κ3) is 5.43. The van der Waals surface area contributed by atoms with E-state index in [0.29, 0.717) is 25.2 Å². The molecule has 2 fully saturated rings. The fraction of sp³-hybridized carbons (Fsp3) is 0.526. The van der Waals surface area contributed by atoms with Crippen molar-refractivity contribution in [2.45, 2.75) is 50.0 Å². The van der Waals surface area contributed by atoms with Crippen LogP contribution in [0.3, 0.4) is 0 Å². The van der Waals surface area contributed by atoms with E-state index in [1.807, 2.05) is 13.8 Å². The summed E-state index contributed by atoms with van der Waals surface area (Å²) in [6, 6.07) is -0.903. The van der Waals surface area contributed by atoms with Gasteiger partial charge in [-0.05, 0) is 37.3 Å². The van der Waals surface area contributed by atoms with Crippen molar-refractivity contribution < 1.29 is 58.9 Å². The minimum atomic E-state index is -0.903. The fourth-order valence-corrected chi connectivity index (χ4v) is 6.15. The standard InChI is InChI=1S/C19H23N5O6S3.Na/c1-19(2)29-4-3-9(30-19)5-8-6-32-16-12(15(26)24(16)13(8)17(27)31)22-14(25)11(23-28)10-7-33-18(20)21-10;/h7,9,12,16,28H,3-6H2,1-2H3,(H2,20,21)(H,22,25)(H,27,31);/q;+1/p-1/b23-11+;/t9?,12?,16-;/m1./s1. The summed E-state index contributed by atoms with van der Waals surface area (Å²) in [7, 11) is 0. The summed E-state index contributed by atoms with van der Waals surface area (Å²) in [6.07, 6.45) is 0.958. The van der Waals surface area contributed by atoms with E-state index in [-0.39, 0.29) is 57.9 Å². The Labute approximate surface area is 231 Å². The smallest absolute Gasteiger partial charge is 0.863 e. The summed E-state index contributed by atoms with van der Waals surface area (Å²) >= 11 is 7.43. The van der Waals surface area contributed by atoms with E-state index in [0.717, 1.165) is 16.9 Å². The maximum atomic E-state index is 12.9. The molecule has 178 valence electrons. The number of rotatable bonds is 6. The van der Waals surface area contributed by atoms with Crippen LogP contribution >= 0.6 is 35.3 Å². The number of thiazole rings is 1. The van der Waals surface area contributed by atoms with Crippen molar-refractivity contribution in [1.82, 2.24) is 15.2 Å². The van der Waals surface area contributed by atoms with Gasteiger partial charge in [-0.1, -0.05) is 17.4 Å². The molecule has 1 aromatic rings. The van der Waals surface area contributed by atoms with Gasteiger partial charge >= 0.3 is 29.6 Å². The van der Waals surface area contributed by atoms with E-state index in [9.17, 15) is 19.9 Å². The minimum Gasteiger partial charge on any atom is -0.863 e. The third-order valence-electron chi connectivity index (χ3n) is 5.42. The number of fused-ring (bicyclic) bond motifs is 1. The molecule has 0 spiro atoms. The SMILES string of the molecule is CC1(C)OCCC(CC2=C(C([O-])=S)N3C(=O)C(NC(=O)/C(=N/O)c4csc(N)n4)[C@H]3SC2)O1.[Na+]. The Morgan fingerprint density at radius 2 is 2.26 bits per heavy atom. The number of nitrogens with one attached hydrogen (secondary N) is 1. The van der Waals surface area contributed by atoms with E-state index >= 15 is 0 Å². The molecule has 2 saturated heterocycles. The van der Waals surface area contributed by atoms with Gasteiger partial charge in [-0.15, -0.1) is 23.1 Å². The van der Waals surface area contributed by atoms with Gasteiger partial charge < -0.3 is 30.8 Å². The van der Waals surface area contributed by atoms with Gasteiger partial charge in [0, 0.05) is 16.8 Å². The Bertz CT molecular complexity index is 1060. The van der Waals surface area contributed by atoms with E-state index in [4.69, 9.17) is 27.4 Å². The molecular weight excluding hydrogens is 513 g/mol. The topological polar surface area (TPSA) is 162 Å². The van der Waals surface area contributed by atoms with Crippen LogP contribution in [-0.2, 0) is 19.1 Å². The maximum Gasteiger partial charge on any atom is 1.00 e. The van der Waals surface area contributed by atoms with E-state index in [1.54, 1.807) is 0 Å². The van der Waals surface area contributed by atoms with Gasteiger partial charge in [0.15, 0.2) is 16.6 Å². The summed E-state index contributed by atoms with van der Waals surface area (Å²) in [6.45, 7) is 4.19. The number of nitrogens with two attached hydrogens (primary N) is 1. The van der Waals surface area contributed by atoms with Crippen LogP contribution in [0.4, 0.5) is 5.13 Å². The molecule has 4 rings (SSSR count). The second kappa shape index (κ2) is 10.8. The van der Waals surface area contributed by atoms with Crippen molar-refractivity contribution in [2.24, 2.45) is 5.16 Å². The Hall–Kier alpha value is -1.26. The second-order valence-corrected chi connectivity index (χ2v) is 10.5. The number of β-lactam (4-membered cyclic amide) rings is 1. The minimum absolute atomic E-state index is 0. The van der Waals surface area contributed by atoms with E-state index < -0.39 is 34.1 Å². The molecule has 3 aliphatic heterocycles. The number of ether oxygens (including phenoxy) is 2. The molecule has 3 atom stereocenters. The molecule has 34 heavy (non-hydrogen) atoms. The number of carbonyl (C=O) groups excluding carboxylic acids is 2. The van der Waals surface area contributed by atoms with Crippen LogP contribution in [0.15, 0.2) is 21.8 Å². The van der Waals surface area contributed by atoms with Gasteiger partial charge in [0.1, 0.15) is 17.1 Å². The van der Waals surface area contributed by atoms with Crippen LogP contribution in [0, 0.1) is 0 Å². The zero-order valence-corrected chi connectivity index (χ0v) is 23.2. The Morgan fingerprint density at radius 3 is 2.85 bits per heavy atom. The molecule has 2 amide bonds. The number of hydrogen-bond donors (Lipinski definition) is 3. The summed E-state index contributed by atoms with van der Waals surface area (Å²) in [5.74, 6) is -1.50. The van der Waals surface area contributed by atoms with Gasteiger partial charge in [0.05, 0.1) is 12.7 Å². The molecule has 15 heteroatoms. The molecule has 4 heterocycles. The molecule has 0 radical (unpaired) electrons. The van der Waals surface area contributed by atoms with Gasteiger partial charge in [0.25, 0.3) is 11.8 Å². The monoisotopic (exact) mass is 535 g/mol. The predicted octanol–water partition coefficient (Wildman–Crippen LogP) is -2.82. The number of nitrogen functional groups attached to an aromatic ring is 1. The number of carbonyl (C=O) groups is 2. The number of hydrogen-bond acceptors (Lipinski definition) is 12. The summed E-state index contributed by atoms with van der Waals surface area (Å²) in [4.78, 5) is 30.8. The molecule has 4 N–H and O–H groups in total. The number of amides is 2. The van der Waals surface area contributed by atoms with Crippen LogP contribution in [0.2, 0.25) is 0 Å². The summed E-state index contributed by atoms with van der Waals surface area (Å²) in [5.41, 5.74) is 6.24. The zero-order chi connectivity index (χ0) is 23.9. The number of aromatic nitrogens is 1. The van der Waals surface area contributed by atoms with Crippen molar-refractivity contribution in [3.05, 3.63) is 22.3 Å². The quantitative estimate of drug-likeness (QED) is 0.0865. The Kier molecular flexibility index (Phi) is 8.67. The number of thioether (sulfide) groups is 1. The van der Waals surface area contributed by atoms with E-state index in [2.05, 4.69) is 15.5 Å². The Balaban J connectivity index is 0.00000324. The molecule has 2 unspecified atom stereocenters. The summed E-state index contributed by atoms with van der Waals surface area (Å²) in [5, 5.41) is 27.7. The van der Waals surface area contributed by atoms with Crippen molar-refractivity contribution in [3.8, 4) is 0 Å². The average molecular weight is 536 g/mol. The van der Waals surface area contributed by atoms with Gasteiger partial charge in [-0.3, -0.25) is 14.5 Å². The molecule has 3 aliphatic rings. The average Bonchev–Trinajstić information content (AvgIpc) is 3.17. The Morgan fingerprint density at radius 1 is 1.53 bits per heavy atom.